The summed E-state index contributed by atoms with van der Waals surface area (Å²) in [4.78, 5) is 3.77. The SMILES string of the molecule is FC(F)(F)c1ccc(Cl)c(N2CN(c3cc(C(F)(F)F)ccc3Cl)CN(c3cc(C(F)(F)F)ccc3Cl)C2)c1. The van der Waals surface area contributed by atoms with Crippen molar-refractivity contribution in [1.82, 2.24) is 0 Å². The number of hydrogen-bond acceptors (Lipinski definition) is 3. The normalized spacial score (nSPS) is 15.2. The molecule has 0 saturated carbocycles. The molecule has 0 unspecified atom stereocenters. The highest BCUT2D eigenvalue weighted by Gasteiger charge is 2.36. The Morgan fingerprint density at radius 2 is 0.667 bits per heavy atom. The van der Waals surface area contributed by atoms with Crippen molar-refractivity contribution in [2.24, 2.45) is 0 Å². The summed E-state index contributed by atoms with van der Waals surface area (Å²) >= 11 is 18.6. The molecule has 0 N–H and O–H groups in total. The average molecular weight is 623 g/mol. The van der Waals surface area contributed by atoms with Crippen molar-refractivity contribution in [2.75, 3.05) is 34.7 Å². The van der Waals surface area contributed by atoms with E-state index in [1.54, 1.807) is 0 Å². The molecule has 3 nitrogen and oxygen atoms in total. The Labute approximate surface area is 230 Å². The monoisotopic (exact) mass is 621 g/mol. The van der Waals surface area contributed by atoms with E-state index in [0.717, 1.165) is 54.6 Å². The van der Waals surface area contributed by atoms with Crippen molar-refractivity contribution in [1.29, 1.82) is 0 Å². The van der Waals surface area contributed by atoms with E-state index in [2.05, 4.69) is 0 Å². The third kappa shape index (κ3) is 6.38. The van der Waals surface area contributed by atoms with Crippen molar-refractivity contribution < 1.29 is 39.5 Å². The summed E-state index contributed by atoms with van der Waals surface area (Å²) in [6, 6.07) is 7.46. The van der Waals surface area contributed by atoms with Gasteiger partial charge in [0.15, 0.2) is 0 Å². The molecule has 4 rings (SSSR count). The van der Waals surface area contributed by atoms with Crippen LogP contribution in [0.2, 0.25) is 15.1 Å². The molecule has 0 atom stereocenters. The maximum atomic E-state index is 13.4. The van der Waals surface area contributed by atoms with Gasteiger partial charge in [-0.05, 0) is 54.6 Å². The van der Waals surface area contributed by atoms with Crippen LogP contribution < -0.4 is 14.7 Å². The third-order valence-electron chi connectivity index (χ3n) is 5.87. The average Bonchev–Trinajstić information content (AvgIpc) is 2.82. The van der Waals surface area contributed by atoms with Crippen LogP contribution in [0, 0.1) is 0 Å². The van der Waals surface area contributed by atoms with Gasteiger partial charge in [-0.1, -0.05) is 34.8 Å². The van der Waals surface area contributed by atoms with E-state index in [0.29, 0.717) is 0 Å². The lowest BCUT2D eigenvalue weighted by Gasteiger charge is -2.46. The number of benzene rings is 3. The number of hydrogen-bond donors (Lipinski definition) is 0. The van der Waals surface area contributed by atoms with Gasteiger partial charge in [0.05, 0.1) is 68.8 Å². The fraction of sp³-hybridized carbons (Fsp3) is 0.250. The van der Waals surface area contributed by atoms with E-state index >= 15 is 0 Å². The summed E-state index contributed by atoms with van der Waals surface area (Å²) in [5.41, 5.74) is -3.65. The molecule has 1 fully saturated rings. The molecule has 0 bridgehead atoms. The minimum atomic E-state index is -4.75. The Morgan fingerprint density at radius 3 is 0.872 bits per heavy atom. The van der Waals surface area contributed by atoms with E-state index in [1.165, 1.54) is 14.7 Å². The molecular weight excluding hydrogens is 608 g/mol. The maximum absolute atomic E-state index is 13.4. The molecule has 1 aliphatic rings. The zero-order valence-corrected chi connectivity index (χ0v) is 21.5. The van der Waals surface area contributed by atoms with E-state index < -0.39 is 35.2 Å². The molecule has 1 saturated heterocycles. The predicted octanol–water partition coefficient (Wildman–Crippen LogP) is 9.41. The van der Waals surface area contributed by atoms with E-state index in [9.17, 15) is 39.5 Å². The molecule has 1 aliphatic heterocycles. The van der Waals surface area contributed by atoms with Gasteiger partial charge in [0, 0.05) is 0 Å². The maximum Gasteiger partial charge on any atom is 0.416 e. The van der Waals surface area contributed by atoms with Gasteiger partial charge in [0.2, 0.25) is 0 Å². The van der Waals surface area contributed by atoms with Crippen molar-refractivity contribution >= 4 is 51.9 Å². The van der Waals surface area contributed by atoms with Crippen LogP contribution in [-0.2, 0) is 18.5 Å². The number of nitrogens with zero attached hydrogens (tertiary/aromatic N) is 3. The van der Waals surface area contributed by atoms with Gasteiger partial charge in [-0.25, -0.2) is 0 Å². The van der Waals surface area contributed by atoms with Crippen LogP contribution in [0.1, 0.15) is 16.7 Å². The Kier molecular flexibility index (Phi) is 7.78. The number of alkyl halides is 9. The molecule has 15 heteroatoms. The Bertz CT molecular complexity index is 1200. The molecule has 0 aliphatic carbocycles. The van der Waals surface area contributed by atoms with Crippen LogP contribution >= 0.6 is 34.8 Å². The lowest BCUT2D eigenvalue weighted by atomic mass is 10.1. The molecule has 0 aromatic heterocycles. The summed E-state index contributed by atoms with van der Waals surface area (Å²) in [5, 5.41) is -0.389. The van der Waals surface area contributed by atoms with Crippen LogP contribution in [0.4, 0.5) is 56.6 Å². The van der Waals surface area contributed by atoms with Gasteiger partial charge in [-0.2, -0.15) is 39.5 Å². The number of halogens is 12. The fourth-order valence-corrected chi connectivity index (χ4v) is 4.71. The van der Waals surface area contributed by atoms with E-state index in [-0.39, 0.29) is 52.1 Å². The number of rotatable bonds is 3. The predicted molar refractivity (Wildman–Crippen MR) is 131 cm³/mol. The summed E-state index contributed by atoms with van der Waals surface area (Å²) in [7, 11) is 0. The van der Waals surface area contributed by atoms with Gasteiger partial charge in [-0.15, -0.1) is 0 Å². The van der Waals surface area contributed by atoms with Crippen LogP contribution in [-0.4, -0.2) is 20.0 Å². The Morgan fingerprint density at radius 1 is 0.436 bits per heavy atom. The topological polar surface area (TPSA) is 9.72 Å². The zero-order valence-electron chi connectivity index (χ0n) is 19.2. The van der Waals surface area contributed by atoms with Gasteiger partial charge in [0.25, 0.3) is 0 Å². The molecule has 1 heterocycles. The lowest BCUT2D eigenvalue weighted by molar-refractivity contribution is -0.138. The first-order chi connectivity index (χ1) is 17.9. The van der Waals surface area contributed by atoms with Gasteiger partial charge in [-0.3, -0.25) is 0 Å². The molecule has 3 aromatic carbocycles. The quantitative estimate of drug-likeness (QED) is 0.270. The van der Waals surface area contributed by atoms with Crippen LogP contribution in [0.3, 0.4) is 0 Å². The summed E-state index contributed by atoms with van der Waals surface area (Å²) in [6.07, 6.45) is -14.2. The van der Waals surface area contributed by atoms with Crippen LogP contribution in [0.15, 0.2) is 54.6 Å². The van der Waals surface area contributed by atoms with Crippen molar-refractivity contribution in [3.63, 3.8) is 0 Å². The lowest BCUT2D eigenvalue weighted by Crippen LogP contribution is -2.56. The highest BCUT2D eigenvalue weighted by Crippen LogP contribution is 2.41. The molecule has 0 amide bonds. The summed E-state index contributed by atoms with van der Waals surface area (Å²) in [6.45, 7) is -0.931. The first kappa shape index (κ1) is 29.3. The van der Waals surface area contributed by atoms with Gasteiger partial charge < -0.3 is 14.7 Å². The van der Waals surface area contributed by atoms with Gasteiger partial charge >= 0.3 is 18.5 Å². The highest BCUT2D eigenvalue weighted by molar-refractivity contribution is 6.34. The Hall–Kier alpha value is -2.70. The van der Waals surface area contributed by atoms with Crippen molar-refractivity contribution in [2.45, 2.75) is 18.5 Å². The molecule has 0 radical (unpaired) electrons. The highest BCUT2D eigenvalue weighted by atomic mass is 35.5. The number of anilines is 3. The second-order valence-electron chi connectivity index (χ2n) is 8.54. The molecular formula is C24H15Cl3F9N3. The third-order valence-corrected chi connectivity index (χ3v) is 6.83. The Balaban J connectivity index is 1.85. The van der Waals surface area contributed by atoms with E-state index in [1.807, 2.05) is 0 Å². The fourth-order valence-electron chi connectivity index (χ4n) is 4.00. The molecule has 210 valence electrons. The van der Waals surface area contributed by atoms with Crippen molar-refractivity contribution in [3.05, 3.63) is 86.4 Å². The smallest absolute Gasteiger partial charge is 0.335 e. The summed E-state index contributed by atoms with van der Waals surface area (Å²) in [5.74, 6) is 0. The minimum Gasteiger partial charge on any atom is -0.335 e. The molecule has 0 spiro atoms. The standard InChI is InChI=1S/C24H15Cl3F9N3/c25-16-4-1-13(22(28,29)30)7-19(16)37-10-38(20-8-14(23(31,32)33)2-5-17(20)26)12-39(11-37)21-9-15(24(34,35)36)3-6-18(21)27/h1-9H,10-12H2. The second-order valence-corrected chi connectivity index (χ2v) is 9.76. The largest absolute Gasteiger partial charge is 0.416 e. The van der Waals surface area contributed by atoms with Crippen LogP contribution in [0.25, 0.3) is 0 Å². The first-order valence-electron chi connectivity index (χ1n) is 10.8. The zero-order chi connectivity index (χ0) is 28.9. The second kappa shape index (κ2) is 10.4. The van der Waals surface area contributed by atoms with Crippen molar-refractivity contribution in [3.8, 4) is 0 Å². The minimum absolute atomic E-state index is 0.130. The molecule has 3 aromatic rings. The first-order valence-corrected chi connectivity index (χ1v) is 11.9. The summed E-state index contributed by atoms with van der Waals surface area (Å²) < 4.78 is 121. The molecule has 39 heavy (non-hydrogen) atoms. The van der Waals surface area contributed by atoms with Gasteiger partial charge in [0.1, 0.15) is 0 Å². The van der Waals surface area contributed by atoms with Crippen LogP contribution in [0.5, 0.6) is 0 Å². The van der Waals surface area contributed by atoms with E-state index in [4.69, 9.17) is 34.8 Å².